The second-order valence-electron chi connectivity index (χ2n) is 3.46. The summed E-state index contributed by atoms with van der Waals surface area (Å²) in [5.74, 6) is 0. The van der Waals surface area contributed by atoms with E-state index in [1.807, 2.05) is 4.72 Å². The molecule has 1 aromatic carbocycles. The van der Waals surface area contributed by atoms with Gasteiger partial charge in [0.15, 0.2) is 0 Å². The van der Waals surface area contributed by atoms with E-state index < -0.39 is 21.8 Å². The van der Waals surface area contributed by atoms with Crippen LogP contribution in [0.4, 0.5) is 18.9 Å². The highest BCUT2D eigenvalue weighted by Crippen LogP contribution is 2.31. The van der Waals surface area contributed by atoms with E-state index in [4.69, 9.17) is 0 Å². The Morgan fingerprint density at radius 1 is 1.19 bits per heavy atom. The van der Waals surface area contributed by atoms with E-state index >= 15 is 0 Å². The molecule has 0 fully saturated rings. The van der Waals surface area contributed by atoms with Crippen molar-refractivity contribution in [2.24, 2.45) is 0 Å². The maximum Gasteiger partial charge on any atom is 0.416 e. The first kappa shape index (κ1) is 12.8. The lowest BCUT2D eigenvalue weighted by Crippen LogP contribution is -2.12. The van der Waals surface area contributed by atoms with Crippen LogP contribution in [0.15, 0.2) is 18.2 Å². The predicted molar refractivity (Wildman–Crippen MR) is 54.6 cm³/mol. The second kappa shape index (κ2) is 3.97. The van der Waals surface area contributed by atoms with Crippen LogP contribution in [0.3, 0.4) is 0 Å². The highest BCUT2D eigenvalue weighted by Gasteiger charge is 2.31. The van der Waals surface area contributed by atoms with Gasteiger partial charge in [-0.25, -0.2) is 8.42 Å². The number of benzene rings is 1. The predicted octanol–water partition coefficient (Wildman–Crippen LogP) is 2.39. The molecule has 90 valence electrons. The Morgan fingerprint density at radius 2 is 1.75 bits per heavy atom. The van der Waals surface area contributed by atoms with Crippen molar-refractivity contribution in [2.45, 2.75) is 13.1 Å². The highest BCUT2D eigenvalue weighted by molar-refractivity contribution is 7.92. The van der Waals surface area contributed by atoms with Crippen LogP contribution in [0, 0.1) is 6.92 Å². The van der Waals surface area contributed by atoms with Gasteiger partial charge in [0.05, 0.1) is 11.8 Å². The fourth-order valence-corrected chi connectivity index (χ4v) is 1.77. The Bertz CT molecular complexity index is 494. The number of halogens is 3. The molecule has 0 heterocycles. The number of hydrogen-bond acceptors (Lipinski definition) is 2. The SMILES string of the molecule is Cc1cc(NS(C)(=O)=O)cc(C(F)(F)F)c1. The second-order valence-corrected chi connectivity index (χ2v) is 5.21. The summed E-state index contributed by atoms with van der Waals surface area (Å²) in [7, 11) is -3.57. The molecule has 0 spiro atoms. The number of anilines is 1. The quantitative estimate of drug-likeness (QED) is 0.879. The molecule has 0 aliphatic heterocycles. The van der Waals surface area contributed by atoms with E-state index in [9.17, 15) is 21.6 Å². The van der Waals surface area contributed by atoms with Crippen molar-refractivity contribution in [1.82, 2.24) is 0 Å². The Morgan fingerprint density at radius 3 is 2.19 bits per heavy atom. The molecule has 0 unspecified atom stereocenters. The molecule has 1 rings (SSSR count). The van der Waals surface area contributed by atoms with Gasteiger partial charge < -0.3 is 0 Å². The molecule has 0 saturated heterocycles. The van der Waals surface area contributed by atoms with Gasteiger partial charge in [0.1, 0.15) is 0 Å². The molecule has 0 saturated carbocycles. The summed E-state index contributed by atoms with van der Waals surface area (Å²) >= 11 is 0. The average molecular weight is 253 g/mol. The van der Waals surface area contributed by atoms with Crippen molar-refractivity contribution in [3.63, 3.8) is 0 Å². The van der Waals surface area contributed by atoms with Gasteiger partial charge in [0, 0.05) is 5.69 Å². The molecule has 1 aromatic rings. The lowest BCUT2D eigenvalue weighted by Gasteiger charge is -2.11. The monoisotopic (exact) mass is 253 g/mol. The van der Waals surface area contributed by atoms with Gasteiger partial charge in [0.2, 0.25) is 10.0 Å². The maximum absolute atomic E-state index is 12.4. The van der Waals surface area contributed by atoms with Crippen molar-refractivity contribution in [1.29, 1.82) is 0 Å². The first-order valence-electron chi connectivity index (χ1n) is 4.24. The zero-order chi connectivity index (χ0) is 12.6. The molecular formula is C9H10F3NO2S. The minimum Gasteiger partial charge on any atom is -0.284 e. The highest BCUT2D eigenvalue weighted by atomic mass is 32.2. The molecule has 16 heavy (non-hydrogen) atoms. The zero-order valence-corrected chi connectivity index (χ0v) is 9.41. The fraction of sp³-hybridized carbons (Fsp3) is 0.333. The molecule has 0 radical (unpaired) electrons. The van der Waals surface area contributed by atoms with Gasteiger partial charge in [0.25, 0.3) is 0 Å². The van der Waals surface area contributed by atoms with E-state index in [0.717, 1.165) is 18.4 Å². The summed E-state index contributed by atoms with van der Waals surface area (Å²) in [5.41, 5.74) is -0.630. The van der Waals surface area contributed by atoms with E-state index in [-0.39, 0.29) is 5.69 Å². The van der Waals surface area contributed by atoms with Crippen LogP contribution in [-0.2, 0) is 16.2 Å². The number of nitrogens with one attached hydrogen (secondary N) is 1. The van der Waals surface area contributed by atoms with Crippen LogP contribution in [0.1, 0.15) is 11.1 Å². The summed E-state index contributed by atoms with van der Waals surface area (Å²) < 4.78 is 61.0. The molecule has 0 bridgehead atoms. The third-order valence-corrected chi connectivity index (χ3v) is 2.31. The van der Waals surface area contributed by atoms with Crippen molar-refractivity contribution in [3.05, 3.63) is 29.3 Å². The van der Waals surface area contributed by atoms with Crippen LogP contribution in [0.5, 0.6) is 0 Å². The van der Waals surface area contributed by atoms with Crippen LogP contribution >= 0.6 is 0 Å². The number of hydrogen-bond donors (Lipinski definition) is 1. The van der Waals surface area contributed by atoms with Gasteiger partial charge in [-0.3, -0.25) is 4.72 Å². The third-order valence-electron chi connectivity index (χ3n) is 1.71. The first-order valence-corrected chi connectivity index (χ1v) is 6.14. The van der Waals surface area contributed by atoms with Gasteiger partial charge in [-0.2, -0.15) is 13.2 Å². The number of alkyl halides is 3. The normalized spacial score (nSPS) is 12.6. The van der Waals surface area contributed by atoms with E-state index in [2.05, 4.69) is 0 Å². The minimum absolute atomic E-state index is 0.0881. The van der Waals surface area contributed by atoms with Crippen molar-refractivity contribution < 1.29 is 21.6 Å². The molecule has 3 nitrogen and oxygen atoms in total. The van der Waals surface area contributed by atoms with Crippen molar-refractivity contribution >= 4 is 15.7 Å². The smallest absolute Gasteiger partial charge is 0.284 e. The van der Waals surface area contributed by atoms with Crippen LogP contribution in [-0.4, -0.2) is 14.7 Å². The molecule has 0 aromatic heterocycles. The molecule has 1 N–H and O–H groups in total. The summed E-state index contributed by atoms with van der Waals surface area (Å²) in [6, 6.07) is 3.04. The standard InChI is InChI=1S/C9H10F3NO2S/c1-6-3-7(9(10,11)12)5-8(4-6)13-16(2,14)15/h3-5,13H,1-2H3. The van der Waals surface area contributed by atoms with Gasteiger partial charge in [-0.05, 0) is 30.7 Å². The fourth-order valence-electron chi connectivity index (χ4n) is 1.22. The molecule has 0 aliphatic rings. The Hall–Kier alpha value is -1.24. The van der Waals surface area contributed by atoms with Gasteiger partial charge in [-0.15, -0.1) is 0 Å². The maximum atomic E-state index is 12.4. The molecular weight excluding hydrogens is 243 g/mol. The summed E-state index contributed by atoms with van der Waals surface area (Å²) in [4.78, 5) is 0. The Labute approximate surface area is 91.3 Å². The van der Waals surface area contributed by atoms with E-state index in [0.29, 0.717) is 5.56 Å². The molecule has 0 amide bonds. The summed E-state index contributed by atoms with van der Waals surface area (Å²) in [6.07, 6.45) is -3.61. The van der Waals surface area contributed by atoms with Crippen LogP contribution < -0.4 is 4.72 Å². The topological polar surface area (TPSA) is 46.2 Å². The molecule has 0 atom stereocenters. The number of sulfonamides is 1. The Balaban J connectivity index is 3.19. The lowest BCUT2D eigenvalue weighted by molar-refractivity contribution is -0.137. The van der Waals surface area contributed by atoms with E-state index in [1.54, 1.807) is 0 Å². The average Bonchev–Trinajstić information content (AvgIpc) is 1.97. The molecule has 0 aliphatic carbocycles. The minimum atomic E-state index is -4.49. The van der Waals surface area contributed by atoms with E-state index in [1.165, 1.54) is 13.0 Å². The van der Waals surface area contributed by atoms with Crippen LogP contribution in [0.25, 0.3) is 0 Å². The molecule has 7 heteroatoms. The lowest BCUT2D eigenvalue weighted by atomic mass is 10.1. The summed E-state index contributed by atoms with van der Waals surface area (Å²) in [6.45, 7) is 1.46. The number of rotatable bonds is 2. The van der Waals surface area contributed by atoms with Crippen molar-refractivity contribution in [3.8, 4) is 0 Å². The Kier molecular flexibility index (Phi) is 3.18. The van der Waals surface area contributed by atoms with Crippen LogP contribution in [0.2, 0.25) is 0 Å². The first-order chi connectivity index (χ1) is 7.08. The number of aryl methyl sites for hydroxylation is 1. The van der Waals surface area contributed by atoms with Gasteiger partial charge >= 0.3 is 6.18 Å². The van der Waals surface area contributed by atoms with Crippen molar-refractivity contribution in [2.75, 3.05) is 11.0 Å². The van der Waals surface area contributed by atoms with Gasteiger partial charge in [-0.1, -0.05) is 0 Å². The third kappa shape index (κ3) is 3.73. The summed E-state index contributed by atoms with van der Waals surface area (Å²) in [5, 5.41) is 0. The zero-order valence-electron chi connectivity index (χ0n) is 8.59. The largest absolute Gasteiger partial charge is 0.416 e.